The minimum Gasteiger partial charge on any atom is -0.508 e. The Kier molecular flexibility index (Phi) is 21.8. The number of phenolic OH excluding ortho intramolecular Hbond substituents is 1. The second-order valence-electron chi connectivity index (χ2n) is 17.3. The summed E-state index contributed by atoms with van der Waals surface area (Å²) in [6.45, 7) is 8.50. The van der Waals surface area contributed by atoms with Gasteiger partial charge in [-0.3, -0.25) is 33.6 Å². The largest absolute Gasteiger partial charge is 0.508 e. The summed E-state index contributed by atoms with van der Waals surface area (Å²) >= 11 is 0. The van der Waals surface area contributed by atoms with Crippen molar-refractivity contribution in [1.29, 1.82) is 0 Å². The summed E-state index contributed by atoms with van der Waals surface area (Å²) in [5, 5.41) is 33.6. The van der Waals surface area contributed by atoms with E-state index in [0.717, 1.165) is 44.9 Å². The van der Waals surface area contributed by atoms with Crippen LogP contribution in [0.4, 0.5) is 0 Å². The number of aromatic hydroxyl groups is 1. The van der Waals surface area contributed by atoms with Crippen LogP contribution in [0.15, 0.2) is 24.3 Å². The number of aliphatic hydroxyl groups excluding tert-OH is 1. The number of carbonyl (C=O) groups excluding carboxylic acids is 8. The minimum atomic E-state index is -1.41. The van der Waals surface area contributed by atoms with Crippen LogP contribution in [-0.4, -0.2) is 117 Å². The Hall–Kier alpha value is -5.26. The number of unbranched alkanes of at least 4 members (excludes halogenated alkanes) is 6. The standard InChI is InChI=1S/C45H71N7O11/c1-6-7-8-9-10-11-12-15-32-16-13-18-37(56)50-39(29(5)53)43(60)47-28(4)44(61)52-25-14-17-35(52)42(59)48-33(23-24-36(46)55)40(57)49-34(26-30-19-21-31(54)22-20-30)41(58)51-38(27(2)3)45(62)63-32/h19-22,27-29,32-35,38-39,53-54H,6-18,23-26H2,1-5H3,(H2,46,55)(H,47,60)(H,48,59)(H,49,57)(H,50,56)(H,51,58)/t28-,29+,32+,33-,34+,35+,38-,39-/m1/s1. The van der Waals surface area contributed by atoms with Crippen molar-refractivity contribution < 1.29 is 53.3 Å². The van der Waals surface area contributed by atoms with Gasteiger partial charge in [0, 0.05) is 25.8 Å². The number of hydrogen-bond donors (Lipinski definition) is 8. The van der Waals surface area contributed by atoms with Crippen LogP contribution in [0, 0.1) is 5.92 Å². The third-order valence-electron chi connectivity index (χ3n) is 11.5. The van der Waals surface area contributed by atoms with Crippen molar-refractivity contribution in [3.05, 3.63) is 29.8 Å². The molecule has 0 spiro atoms. The number of hydrogen-bond acceptors (Lipinski definition) is 11. The number of ether oxygens (including phenoxy) is 1. The molecule has 2 aliphatic heterocycles. The maximum absolute atomic E-state index is 14.2. The molecule has 352 valence electrons. The molecule has 0 aliphatic carbocycles. The second-order valence-corrected chi connectivity index (χ2v) is 17.3. The number of nitrogens with one attached hydrogen (secondary N) is 5. The zero-order chi connectivity index (χ0) is 46.6. The number of aliphatic hydroxyl groups is 1. The zero-order valence-corrected chi connectivity index (χ0v) is 37.6. The molecule has 2 saturated heterocycles. The average Bonchev–Trinajstić information content (AvgIpc) is 3.72. The lowest BCUT2D eigenvalue weighted by Crippen LogP contribution is -2.60. The van der Waals surface area contributed by atoms with Gasteiger partial charge in [-0.2, -0.15) is 0 Å². The molecule has 1 aromatic rings. The molecule has 0 aromatic heterocycles. The van der Waals surface area contributed by atoms with Gasteiger partial charge in [-0.15, -0.1) is 0 Å². The number of primary amides is 1. The summed E-state index contributed by atoms with van der Waals surface area (Å²) in [5.41, 5.74) is 5.98. The zero-order valence-electron chi connectivity index (χ0n) is 37.6. The van der Waals surface area contributed by atoms with E-state index in [1.165, 1.54) is 30.9 Å². The number of nitrogens with zero attached hydrogens (tertiary/aromatic N) is 1. The fourth-order valence-electron chi connectivity index (χ4n) is 7.81. The summed E-state index contributed by atoms with van der Waals surface area (Å²) in [6.07, 6.45) is 6.19. The summed E-state index contributed by atoms with van der Waals surface area (Å²) in [4.78, 5) is 110. The summed E-state index contributed by atoms with van der Waals surface area (Å²) in [5.74, 6) is -6.22. The molecule has 0 saturated carbocycles. The Balaban J connectivity index is 2.01. The van der Waals surface area contributed by atoms with Crippen molar-refractivity contribution in [1.82, 2.24) is 31.5 Å². The number of carbonyl (C=O) groups is 8. The van der Waals surface area contributed by atoms with Crippen LogP contribution >= 0.6 is 0 Å². The summed E-state index contributed by atoms with van der Waals surface area (Å²) in [6, 6.07) is -1.57. The van der Waals surface area contributed by atoms with Crippen molar-refractivity contribution in [3.8, 4) is 5.75 Å². The molecule has 18 nitrogen and oxygen atoms in total. The maximum atomic E-state index is 14.2. The first kappa shape index (κ1) is 52.1. The lowest BCUT2D eigenvalue weighted by atomic mass is 10.00. The summed E-state index contributed by atoms with van der Waals surface area (Å²) < 4.78 is 6.06. The van der Waals surface area contributed by atoms with E-state index in [-0.39, 0.29) is 50.8 Å². The van der Waals surface area contributed by atoms with Crippen LogP contribution in [0.5, 0.6) is 5.75 Å². The van der Waals surface area contributed by atoms with Crippen LogP contribution < -0.4 is 32.3 Å². The quantitative estimate of drug-likeness (QED) is 0.0931. The highest BCUT2D eigenvalue weighted by Gasteiger charge is 2.40. The number of nitrogens with two attached hydrogens (primary N) is 1. The van der Waals surface area contributed by atoms with Gasteiger partial charge in [0.15, 0.2) is 0 Å². The fourth-order valence-corrected chi connectivity index (χ4v) is 7.81. The Morgan fingerprint density at radius 1 is 0.778 bits per heavy atom. The molecular weight excluding hydrogens is 815 g/mol. The highest BCUT2D eigenvalue weighted by Crippen LogP contribution is 2.21. The van der Waals surface area contributed by atoms with E-state index >= 15 is 0 Å². The van der Waals surface area contributed by atoms with Crippen molar-refractivity contribution in [3.63, 3.8) is 0 Å². The van der Waals surface area contributed by atoms with Crippen LogP contribution in [0.1, 0.15) is 136 Å². The fraction of sp³-hybridized carbons (Fsp3) is 0.689. The first-order valence-electron chi connectivity index (χ1n) is 22.7. The normalized spacial score (nSPS) is 25.7. The topological polar surface area (TPSA) is 276 Å². The van der Waals surface area contributed by atoms with Gasteiger partial charge in [-0.05, 0) is 82.4 Å². The molecular formula is C45H71N7O11. The van der Waals surface area contributed by atoms with Crippen molar-refractivity contribution >= 4 is 47.3 Å². The van der Waals surface area contributed by atoms with Gasteiger partial charge in [0.1, 0.15) is 48.1 Å². The monoisotopic (exact) mass is 886 g/mol. The predicted molar refractivity (Wildman–Crippen MR) is 233 cm³/mol. The number of fused-ring (bicyclic) bond motifs is 1. The molecule has 0 unspecified atom stereocenters. The number of cyclic esters (lactones) is 1. The van der Waals surface area contributed by atoms with Gasteiger partial charge in [-0.25, -0.2) is 4.79 Å². The molecule has 2 aliphatic rings. The van der Waals surface area contributed by atoms with E-state index in [1.54, 1.807) is 26.0 Å². The lowest BCUT2D eigenvalue weighted by molar-refractivity contribution is -0.155. The smallest absolute Gasteiger partial charge is 0.329 e. The van der Waals surface area contributed by atoms with Crippen molar-refractivity contribution in [2.24, 2.45) is 11.7 Å². The molecule has 2 heterocycles. The van der Waals surface area contributed by atoms with Crippen LogP contribution in [-0.2, 0) is 49.5 Å². The molecule has 0 bridgehead atoms. The predicted octanol–water partition coefficient (Wildman–Crippen LogP) is 1.91. The van der Waals surface area contributed by atoms with Gasteiger partial charge in [-0.1, -0.05) is 71.4 Å². The highest BCUT2D eigenvalue weighted by atomic mass is 16.5. The highest BCUT2D eigenvalue weighted by molar-refractivity contribution is 5.97. The minimum absolute atomic E-state index is 0.0235. The van der Waals surface area contributed by atoms with E-state index in [9.17, 15) is 48.6 Å². The van der Waals surface area contributed by atoms with Gasteiger partial charge >= 0.3 is 5.97 Å². The molecule has 9 N–H and O–H groups in total. The number of phenols is 1. The van der Waals surface area contributed by atoms with Crippen molar-refractivity contribution in [2.45, 2.75) is 186 Å². The van der Waals surface area contributed by atoms with Crippen molar-refractivity contribution in [2.75, 3.05) is 6.54 Å². The van der Waals surface area contributed by atoms with E-state index in [1.807, 2.05) is 0 Å². The first-order chi connectivity index (χ1) is 29.9. The maximum Gasteiger partial charge on any atom is 0.329 e. The SMILES string of the molecule is CCCCCCCCC[C@H]1CCCC(=O)N[C@H]([C@H](C)O)C(=O)N[C@H](C)C(=O)N2CCC[C@H]2C(=O)N[C@H](CCC(N)=O)C(=O)N[C@@H](Cc2ccc(O)cc2)C(=O)N[C@H](C(C)C)C(=O)O1. The molecule has 7 amide bonds. The lowest BCUT2D eigenvalue weighted by Gasteiger charge is -2.30. The molecule has 2 fully saturated rings. The number of benzene rings is 1. The average molecular weight is 886 g/mol. The molecule has 1 aromatic carbocycles. The van der Waals surface area contributed by atoms with E-state index in [0.29, 0.717) is 24.8 Å². The molecule has 0 radical (unpaired) electrons. The molecule has 3 rings (SSSR count). The molecule has 18 heteroatoms. The number of esters is 1. The Labute approximate surface area is 370 Å². The van der Waals surface area contributed by atoms with Crippen LogP contribution in [0.25, 0.3) is 0 Å². The van der Waals surface area contributed by atoms with Gasteiger partial charge < -0.3 is 52.2 Å². The van der Waals surface area contributed by atoms with Gasteiger partial charge in [0.2, 0.25) is 41.4 Å². The van der Waals surface area contributed by atoms with Gasteiger partial charge in [0.25, 0.3) is 0 Å². The number of rotatable bonds is 15. The third-order valence-corrected chi connectivity index (χ3v) is 11.5. The van der Waals surface area contributed by atoms with Crippen LogP contribution in [0.2, 0.25) is 0 Å². The molecule has 8 atom stereocenters. The Morgan fingerprint density at radius 3 is 2.05 bits per heavy atom. The Bertz CT molecular complexity index is 1710. The second kappa shape index (κ2) is 26.4. The van der Waals surface area contributed by atoms with E-state index in [4.69, 9.17) is 10.5 Å². The van der Waals surface area contributed by atoms with Crippen LogP contribution in [0.3, 0.4) is 0 Å². The Morgan fingerprint density at radius 2 is 1.41 bits per heavy atom. The molecule has 63 heavy (non-hydrogen) atoms. The first-order valence-corrected chi connectivity index (χ1v) is 22.7. The van der Waals surface area contributed by atoms with E-state index in [2.05, 4.69) is 33.5 Å². The number of amides is 7. The van der Waals surface area contributed by atoms with E-state index < -0.39 is 102 Å². The third kappa shape index (κ3) is 17.4. The summed E-state index contributed by atoms with van der Waals surface area (Å²) in [7, 11) is 0. The van der Waals surface area contributed by atoms with Gasteiger partial charge in [0.05, 0.1) is 6.10 Å².